The zero-order valence-corrected chi connectivity index (χ0v) is 16.5. The van der Waals surface area contributed by atoms with E-state index in [1.54, 1.807) is 0 Å². The van der Waals surface area contributed by atoms with Crippen LogP contribution in [0.3, 0.4) is 0 Å². The van der Waals surface area contributed by atoms with Crippen LogP contribution in [0.25, 0.3) is 11.1 Å². The molecule has 0 saturated heterocycles. The summed E-state index contributed by atoms with van der Waals surface area (Å²) < 4.78 is 6.23. The summed E-state index contributed by atoms with van der Waals surface area (Å²) in [6.07, 6.45) is 2.44. The number of carboxylic acid groups (broad SMARTS) is 1. The Hall–Kier alpha value is -3.11. The number of para-hydroxylation sites is 1. The lowest BCUT2D eigenvalue weighted by atomic mass is 9.79. The SMILES string of the molecule is CCc1cccc(-c2ccccc2Oc2ccc3c(c2)C(C(=O)O)C(N)CC3)c1. The summed E-state index contributed by atoms with van der Waals surface area (Å²) in [5.74, 6) is -0.206. The van der Waals surface area contributed by atoms with Gasteiger partial charge >= 0.3 is 5.97 Å². The van der Waals surface area contributed by atoms with Crippen molar-refractivity contribution in [1.82, 2.24) is 0 Å². The van der Waals surface area contributed by atoms with E-state index in [2.05, 4.69) is 31.2 Å². The van der Waals surface area contributed by atoms with Gasteiger partial charge in [0.2, 0.25) is 0 Å². The minimum absolute atomic E-state index is 0.376. The molecular formula is C25H25NO3. The van der Waals surface area contributed by atoms with Crippen molar-refractivity contribution in [3.8, 4) is 22.6 Å². The summed E-state index contributed by atoms with van der Waals surface area (Å²) in [7, 11) is 0. The molecule has 4 rings (SSSR count). The van der Waals surface area contributed by atoms with E-state index >= 15 is 0 Å². The largest absolute Gasteiger partial charge is 0.481 e. The number of ether oxygens (including phenoxy) is 1. The molecule has 0 heterocycles. The molecule has 1 aliphatic rings. The van der Waals surface area contributed by atoms with Gasteiger partial charge in [-0.25, -0.2) is 0 Å². The number of nitrogens with two attached hydrogens (primary N) is 1. The first-order valence-corrected chi connectivity index (χ1v) is 10.0. The molecule has 0 spiro atoms. The minimum atomic E-state index is -0.882. The van der Waals surface area contributed by atoms with Crippen molar-refractivity contribution >= 4 is 5.97 Å². The van der Waals surface area contributed by atoms with Crippen molar-refractivity contribution in [2.24, 2.45) is 5.73 Å². The van der Waals surface area contributed by atoms with Gasteiger partial charge in [-0.05, 0) is 59.7 Å². The molecule has 2 unspecified atom stereocenters. The fourth-order valence-electron chi connectivity index (χ4n) is 4.07. The van der Waals surface area contributed by atoms with Crippen LogP contribution in [0.4, 0.5) is 0 Å². The van der Waals surface area contributed by atoms with Crippen LogP contribution in [0.2, 0.25) is 0 Å². The first-order chi connectivity index (χ1) is 14.1. The number of hydrogen-bond donors (Lipinski definition) is 2. The Bertz CT molecular complexity index is 1040. The van der Waals surface area contributed by atoms with Crippen molar-refractivity contribution in [3.05, 3.63) is 83.4 Å². The Morgan fingerprint density at radius 3 is 2.72 bits per heavy atom. The quantitative estimate of drug-likeness (QED) is 0.635. The molecule has 148 valence electrons. The maximum Gasteiger partial charge on any atom is 0.312 e. The summed E-state index contributed by atoms with van der Waals surface area (Å²) in [4.78, 5) is 11.8. The van der Waals surface area contributed by atoms with Gasteiger partial charge < -0.3 is 15.6 Å². The number of carbonyl (C=O) groups is 1. The van der Waals surface area contributed by atoms with Gasteiger partial charge in [0.25, 0.3) is 0 Å². The average molecular weight is 387 g/mol. The molecule has 4 heteroatoms. The maximum atomic E-state index is 11.8. The maximum absolute atomic E-state index is 11.8. The van der Waals surface area contributed by atoms with E-state index in [4.69, 9.17) is 10.5 Å². The van der Waals surface area contributed by atoms with E-state index in [0.29, 0.717) is 12.2 Å². The van der Waals surface area contributed by atoms with Crippen LogP contribution in [0.15, 0.2) is 66.7 Å². The second kappa shape index (κ2) is 8.10. The van der Waals surface area contributed by atoms with Crippen LogP contribution in [0, 0.1) is 0 Å². The number of aliphatic carboxylic acids is 1. The Balaban J connectivity index is 1.70. The van der Waals surface area contributed by atoms with Crippen LogP contribution in [0.5, 0.6) is 11.5 Å². The van der Waals surface area contributed by atoms with Gasteiger partial charge in [-0.1, -0.05) is 55.5 Å². The summed E-state index contributed by atoms with van der Waals surface area (Å²) in [6, 6.07) is 21.7. The van der Waals surface area contributed by atoms with Crippen LogP contribution >= 0.6 is 0 Å². The molecule has 0 aliphatic heterocycles. The molecule has 0 bridgehead atoms. The third kappa shape index (κ3) is 3.89. The number of fused-ring (bicyclic) bond motifs is 1. The average Bonchev–Trinajstić information content (AvgIpc) is 2.73. The van der Waals surface area contributed by atoms with Crippen molar-refractivity contribution in [2.45, 2.75) is 38.1 Å². The molecule has 0 radical (unpaired) electrons. The topological polar surface area (TPSA) is 72.5 Å². The first kappa shape index (κ1) is 19.2. The van der Waals surface area contributed by atoms with Gasteiger partial charge in [0.1, 0.15) is 11.5 Å². The minimum Gasteiger partial charge on any atom is -0.481 e. The zero-order chi connectivity index (χ0) is 20.4. The summed E-state index contributed by atoms with van der Waals surface area (Å²) in [6.45, 7) is 2.14. The Morgan fingerprint density at radius 2 is 1.93 bits per heavy atom. The van der Waals surface area contributed by atoms with Gasteiger partial charge in [0.15, 0.2) is 0 Å². The van der Waals surface area contributed by atoms with Crippen molar-refractivity contribution < 1.29 is 14.6 Å². The zero-order valence-electron chi connectivity index (χ0n) is 16.5. The van der Waals surface area contributed by atoms with Crippen LogP contribution in [-0.4, -0.2) is 17.1 Å². The number of carboxylic acids is 1. The molecule has 3 aromatic rings. The number of rotatable bonds is 5. The molecule has 0 amide bonds. The predicted octanol–water partition coefficient (Wildman–Crippen LogP) is 5.15. The summed E-state index contributed by atoms with van der Waals surface area (Å²) >= 11 is 0. The highest BCUT2D eigenvalue weighted by molar-refractivity contribution is 5.78. The molecule has 1 aliphatic carbocycles. The third-order valence-corrected chi connectivity index (χ3v) is 5.65. The van der Waals surface area contributed by atoms with E-state index in [0.717, 1.165) is 40.8 Å². The van der Waals surface area contributed by atoms with Gasteiger partial charge in [-0.3, -0.25) is 4.79 Å². The Morgan fingerprint density at radius 1 is 1.10 bits per heavy atom. The molecular weight excluding hydrogens is 362 g/mol. The standard InChI is InChI=1S/C25H25NO3/c1-2-16-6-5-7-18(14-16)20-8-3-4-9-23(20)29-19-12-10-17-11-13-22(26)24(25(27)28)21(17)15-19/h3-10,12,14-15,22,24H,2,11,13,26H2,1H3,(H,27,28). The van der Waals surface area contributed by atoms with Gasteiger partial charge in [0.05, 0.1) is 5.92 Å². The van der Waals surface area contributed by atoms with E-state index in [1.165, 1.54) is 5.56 Å². The summed E-state index contributed by atoms with van der Waals surface area (Å²) in [5, 5.41) is 9.66. The monoisotopic (exact) mass is 387 g/mol. The van der Waals surface area contributed by atoms with Gasteiger partial charge in [0, 0.05) is 11.6 Å². The van der Waals surface area contributed by atoms with E-state index < -0.39 is 11.9 Å². The highest BCUT2D eigenvalue weighted by atomic mass is 16.5. The lowest BCUT2D eigenvalue weighted by molar-refractivity contribution is -0.139. The molecule has 3 aromatic carbocycles. The third-order valence-electron chi connectivity index (χ3n) is 5.65. The smallest absolute Gasteiger partial charge is 0.312 e. The van der Waals surface area contributed by atoms with Gasteiger partial charge in [-0.2, -0.15) is 0 Å². The van der Waals surface area contributed by atoms with Crippen LogP contribution < -0.4 is 10.5 Å². The molecule has 29 heavy (non-hydrogen) atoms. The Labute approximate surface area is 171 Å². The lowest BCUT2D eigenvalue weighted by Gasteiger charge is -2.28. The van der Waals surface area contributed by atoms with Gasteiger partial charge in [-0.15, -0.1) is 0 Å². The van der Waals surface area contributed by atoms with Crippen molar-refractivity contribution in [3.63, 3.8) is 0 Å². The second-order valence-electron chi connectivity index (χ2n) is 7.53. The molecule has 0 aromatic heterocycles. The number of benzene rings is 3. The molecule has 2 atom stereocenters. The van der Waals surface area contributed by atoms with Crippen LogP contribution in [0.1, 0.15) is 36.0 Å². The fourth-order valence-corrected chi connectivity index (χ4v) is 4.07. The molecule has 0 saturated carbocycles. The van der Waals surface area contributed by atoms with E-state index in [9.17, 15) is 9.90 Å². The molecule has 3 N–H and O–H groups in total. The predicted molar refractivity (Wildman–Crippen MR) is 114 cm³/mol. The normalized spacial score (nSPS) is 18.1. The second-order valence-corrected chi connectivity index (χ2v) is 7.53. The van der Waals surface area contributed by atoms with Crippen molar-refractivity contribution in [1.29, 1.82) is 0 Å². The van der Waals surface area contributed by atoms with E-state index in [-0.39, 0.29) is 6.04 Å². The van der Waals surface area contributed by atoms with Crippen LogP contribution in [-0.2, 0) is 17.6 Å². The molecule has 0 fully saturated rings. The van der Waals surface area contributed by atoms with E-state index in [1.807, 2.05) is 42.5 Å². The van der Waals surface area contributed by atoms with Crippen molar-refractivity contribution in [2.75, 3.05) is 0 Å². The highest BCUT2D eigenvalue weighted by Crippen LogP contribution is 2.37. The summed E-state index contributed by atoms with van der Waals surface area (Å²) in [5.41, 5.74) is 11.3. The molecule has 4 nitrogen and oxygen atoms in total. The highest BCUT2D eigenvalue weighted by Gasteiger charge is 2.33. The number of hydrogen-bond acceptors (Lipinski definition) is 3. The Kier molecular flexibility index (Phi) is 5.36. The first-order valence-electron chi connectivity index (χ1n) is 10.0. The number of aryl methyl sites for hydroxylation is 2. The lowest BCUT2D eigenvalue weighted by Crippen LogP contribution is -2.37. The fraction of sp³-hybridized carbons (Fsp3) is 0.240.